The smallest absolute Gasteiger partial charge is 0.141 e. The van der Waals surface area contributed by atoms with E-state index in [4.69, 9.17) is 5.73 Å². The minimum Gasteiger partial charge on any atom is -0.341 e. The van der Waals surface area contributed by atoms with Crippen LogP contribution in [0.4, 0.5) is 0 Å². The van der Waals surface area contributed by atoms with Crippen LogP contribution in [0.25, 0.3) is 11.4 Å². The third-order valence-electron chi connectivity index (χ3n) is 3.57. The molecule has 0 fully saturated rings. The Labute approximate surface area is 100 Å². The van der Waals surface area contributed by atoms with Gasteiger partial charge in [0, 0.05) is 30.9 Å². The van der Waals surface area contributed by atoms with Crippen LogP contribution in [0, 0.1) is 6.92 Å². The Balaban J connectivity index is 2.03. The predicted molar refractivity (Wildman–Crippen MR) is 65.5 cm³/mol. The summed E-state index contributed by atoms with van der Waals surface area (Å²) >= 11 is 0. The summed E-state index contributed by atoms with van der Waals surface area (Å²) in [7, 11) is 1.94. The highest BCUT2D eigenvalue weighted by Crippen LogP contribution is 2.25. The molecule has 1 aliphatic rings. The minimum atomic E-state index is 0.269. The molecule has 0 aromatic carbocycles. The van der Waals surface area contributed by atoms with E-state index in [-0.39, 0.29) is 6.04 Å². The second-order valence-electron chi connectivity index (χ2n) is 4.78. The van der Waals surface area contributed by atoms with Crippen LogP contribution < -0.4 is 5.73 Å². The van der Waals surface area contributed by atoms with Crippen molar-refractivity contribution in [3.05, 3.63) is 23.3 Å². The first-order chi connectivity index (χ1) is 8.15. The first-order valence-electron chi connectivity index (χ1n) is 5.97. The standard InChI is InChI=1S/C12H17N5/c1-7-9(6-14-17(7)2)12-15-10-4-3-8(13)5-11(10)16-12/h6,8H,3-5,13H2,1-2H3,(H,15,16). The number of aromatic amines is 1. The molecule has 2 heterocycles. The van der Waals surface area contributed by atoms with Gasteiger partial charge in [0.25, 0.3) is 0 Å². The summed E-state index contributed by atoms with van der Waals surface area (Å²) in [6.45, 7) is 2.05. The topological polar surface area (TPSA) is 72.5 Å². The van der Waals surface area contributed by atoms with E-state index >= 15 is 0 Å². The maximum atomic E-state index is 5.97. The van der Waals surface area contributed by atoms with Crippen molar-refractivity contribution < 1.29 is 0 Å². The predicted octanol–water partition coefficient (Wildman–Crippen LogP) is 0.935. The molecule has 0 saturated heterocycles. The van der Waals surface area contributed by atoms with Crippen molar-refractivity contribution in [3.63, 3.8) is 0 Å². The zero-order chi connectivity index (χ0) is 12.0. The summed E-state index contributed by atoms with van der Waals surface area (Å²) in [5.74, 6) is 0.926. The fourth-order valence-electron chi connectivity index (χ4n) is 2.37. The van der Waals surface area contributed by atoms with Crippen molar-refractivity contribution in [2.75, 3.05) is 0 Å². The van der Waals surface area contributed by atoms with E-state index in [1.807, 2.05) is 17.9 Å². The molecule has 3 N–H and O–H groups in total. The summed E-state index contributed by atoms with van der Waals surface area (Å²) < 4.78 is 1.86. The molecule has 1 unspecified atom stereocenters. The lowest BCUT2D eigenvalue weighted by Gasteiger charge is -2.15. The Morgan fingerprint density at radius 3 is 3.06 bits per heavy atom. The molecule has 2 aromatic rings. The van der Waals surface area contributed by atoms with Gasteiger partial charge >= 0.3 is 0 Å². The fraction of sp³-hybridized carbons (Fsp3) is 0.500. The average molecular weight is 231 g/mol. The molecule has 1 aliphatic carbocycles. The summed E-state index contributed by atoms with van der Waals surface area (Å²) in [6.07, 6.45) is 4.77. The minimum absolute atomic E-state index is 0.269. The Bertz CT molecular complexity index is 551. The van der Waals surface area contributed by atoms with Gasteiger partial charge in [0.1, 0.15) is 5.82 Å². The van der Waals surface area contributed by atoms with Crippen molar-refractivity contribution >= 4 is 0 Å². The SMILES string of the molecule is Cc1c(-c2nc3c([nH]2)CC(N)CC3)cnn1C. The third-order valence-corrected chi connectivity index (χ3v) is 3.57. The van der Waals surface area contributed by atoms with Crippen LogP contribution in [-0.2, 0) is 19.9 Å². The number of H-pyrrole nitrogens is 1. The van der Waals surface area contributed by atoms with E-state index < -0.39 is 0 Å². The van der Waals surface area contributed by atoms with E-state index in [2.05, 4.69) is 22.0 Å². The molecule has 0 amide bonds. The van der Waals surface area contributed by atoms with Crippen LogP contribution in [0.3, 0.4) is 0 Å². The molecule has 0 radical (unpaired) electrons. The van der Waals surface area contributed by atoms with Gasteiger partial charge in [-0.25, -0.2) is 4.98 Å². The van der Waals surface area contributed by atoms with Gasteiger partial charge in [-0.3, -0.25) is 4.68 Å². The first-order valence-corrected chi connectivity index (χ1v) is 5.97. The molecule has 0 spiro atoms. The van der Waals surface area contributed by atoms with E-state index in [9.17, 15) is 0 Å². The van der Waals surface area contributed by atoms with Gasteiger partial charge in [-0.15, -0.1) is 0 Å². The number of hydrogen-bond acceptors (Lipinski definition) is 3. The second kappa shape index (κ2) is 3.70. The maximum absolute atomic E-state index is 5.97. The summed E-state index contributed by atoms with van der Waals surface area (Å²) in [4.78, 5) is 8.06. The molecule has 5 nitrogen and oxygen atoms in total. The molecule has 0 bridgehead atoms. The Morgan fingerprint density at radius 2 is 2.35 bits per heavy atom. The number of rotatable bonds is 1. The van der Waals surface area contributed by atoms with Crippen LogP contribution >= 0.6 is 0 Å². The van der Waals surface area contributed by atoms with Crippen molar-refractivity contribution in [2.45, 2.75) is 32.2 Å². The fourth-order valence-corrected chi connectivity index (χ4v) is 2.37. The van der Waals surface area contributed by atoms with Gasteiger partial charge in [-0.2, -0.15) is 5.10 Å². The largest absolute Gasteiger partial charge is 0.341 e. The number of aryl methyl sites for hydroxylation is 2. The average Bonchev–Trinajstić information content (AvgIpc) is 2.83. The lowest BCUT2D eigenvalue weighted by atomic mass is 9.97. The third kappa shape index (κ3) is 1.67. The highest BCUT2D eigenvalue weighted by Gasteiger charge is 2.21. The van der Waals surface area contributed by atoms with E-state index in [0.717, 1.165) is 36.3 Å². The van der Waals surface area contributed by atoms with Crippen molar-refractivity contribution in [1.82, 2.24) is 19.7 Å². The van der Waals surface area contributed by atoms with Gasteiger partial charge in [0.15, 0.2) is 0 Å². The number of fused-ring (bicyclic) bond motifs is 1. The number of hydrogen-bond donors (Lipinski definition) is 2. The number of nitrogens with one attached hydrogen (secondary N) is 1. The molecule has 0 saturated carbocycles. The summed E-state index contributed by atoms with van der Waals surface area (Å²) in [5.41, 5.74) is 10.5. The Hall–Kier alpha value is -1.62. The molecule has 90 valence electrons. The molecule has 17 heavy (non-hydrogen) atoms. The molecule has 1 atom stereocenters. The van der Waals surface area contributed by atoms with Crippen LogP contribution in [0.5, 0.6) is 0 Å². The van der Waals surface area contributed by atoms with Gasteiger partial charge in [-0.05, 0) is 19.8 Å². The maximum Gasteiger partial charge on any atom is 0.141 e. The number of nitrogens with two attached hydrogens (primary N) is 1. The lowest BCUT2D eigenvalue weighted by molar-refractivity contribution is 0.565. The first kappa shape index (κ1) is 10.5. The van der Waals surface area contributed by atoms with Gasteiger partial charge < -0.3 is 10.7 Å². The zero-order valence-corrected chi connectivity index (χ0v) is 10.2. The second-order valence-corrected chi connectivity index (χ2v) is 4.78. The van der Waals surface area contributed by atoms with Crippen LogP contribution in [0.15, 0.2) is 6.20 Å². The van der Waals surface area contributed by atoms with Crippen molar-refractivity contribution in [3.8, 4) is 11.4 Å². The summed E-state index contributed by atoms with van der Waals surface area (Å²) in [5, 5.41) is 4.25. The normalized spacial score (nSPS) is 19.4. The highest BCUT2D eigenvalue weighted by atomic mass is 15.3. The number of imidazole rings is 1. The molecule has 3 rings (SSSR count). The lowest BCUT2D eigenvalue weighted by Crippen LogP contribution is -2.27. The van der Waals surface area contributed by atoms with Crippen molar-refractivity contribution in [1.29, 1.82) is 0 Å². The number of aromatic nitrogens is 4. The Kier molecular flexibility index (Phi) is 2.29. The Morgan fingerprint density at radius 1 is 1.53 bits per heavy atom. The molecule has 5 heteroatoms. The quantitative estimate of drug-likeness (QED) is 0.767. The summed E-state index contributed by atoms with van der Waals surface area (Å²) in [6, 6.07) is 0.269. The van der Waals surface area contributed by atoms with E-state index in [1.54, 1.807) is 0 Å². The highest BCUT2D eigenvalue weighted by molar-refractivity contribution is 5.58. The van der Waals surface area contributed by atoms with E-state index in [1.165, 1.54) is 11.4 Å². The van der Waals surface area contributed by atoms with Crippen LogP contribution in [0.1, 0.15) is 23.5 Å². The van der Waals surface area contributed by atoms with Crippen molar-refractivity contribution in [2.24, 2.45) is 12.8 Å². The van der Waals surface area contributed by atoms with E-state index in [0.29, 0.717) is 0 Å². The molecular weight excluding hydrogens is 214 g/mol. The van der Waals surface area contributed by atoms with Gasteiger partial charge in [0.05, 0.1) is 17.5 Å². The van der Waals surface area contributed by atoms with Gasteiger partial charge in [-0.1, -0.05) is 0 Å². The monoisotopic (exact) mass is 231 g/mol. The van der Waals surface area contributed by atoms with Crippen LogP contribution in [0.2, 0.25) is 0 Å². The van der Waals surface area contributed by atoms with Gasteiger partial charge in [0.2, 0.25) is 0 Å². The molecular formula is C12H17N5. The molecule has 2 aromatic heterocycles. The zero-order valence-electron chi connectivity index (χ0n) is 10.2. The number of nitrogens with zero attached hydrogens (tertiary/aromatic N) is 3. The van der Waals surface area contributed by atoms with Crippen LogP contribution in [-0.4, -0.2) is 25.8 Å². The molecule has 0 aliphatic heterocycles.